The van der Waals surface area contributed by atoms with Crippen LogP contribution in [0, 0.1) is 0 Å². The van der Waals surface area contributed by atoms with Crippen molar-refractivity contribution >= 4 is 45.3 Å². The van der Waals surface area contributed by atoms with Crippen LogP contribution in [0.1, 0.15) is 16.9 Å². The lowest BCUT2D eigenvalue weighted by atomic mass is 10.2. The average molecular weight is 478 g/mol. The topological polar surface area (TPSA) is 159 Å². The van der Waals surface area contributed by atoms with E-state index in [0.717, 1.165) is 23.1 Å². The van der Waals surface area contributed by atoms with Gasteiger partial charge in [0, 0.05) is 11.4 Å². The summed E-state index contributed by atoms with van der Waals surface area (Å²) in [7, 11) is 0. The summed E-state index contributed by atoms with van der Waals surface area (Å²) >= 11 is 1.71. The first-order valence-corrected chi connectivity index (χ1v) is 9.02. The summed E-state index contributed by atoms with van der Waals surface area (Å²) in [5.74, 6) is -4.46. The number of hydrogen-bond donors (Lipinski definition) is 5. The summed E-state index contributed by atoms with van der Waals surface area (Å²) in [4.78, 5) is 28.8. The van der Waals surface area contributed by atoms with Crippen molar-refractivity contribution in [3.05, 3.63) is 10.4 Å². The van der Waals surface area contributed by atoms with Crippen LogP contribution in [0.25, 0.3) is 10.2 Å². The second kappa shape index (κ2) is 10.4. The third-order valence-electron chi connectivity index (χ3n) is 3.47. The van der Waals surface area contributed by atoms with Gasteiger partial charge in [0.2, 0.25) is 5.95 Å². The van der Waals surface area contributed by atoms with Crippen LogP contribution in [0.4, 0.5) is 38.1 Å². The van der Waals surface area contributed by atoms with Crippen molar-refractivity contribution in [1.82, 2.24) is 9.97 Å². The van der Waals surface area contributed by atoms with Crippen LogP contribution in [-0.4, -0.2) is 62.7 Å². The number of carboxylic acid groups (broad SMARTS) is 2. The van der Waals surface area contributed by atoms with E-state index in [-0.39, 0.29) is 6.61 Å². The van der Waals surface area contributed by atoms with Crippen molar-refractivity contribution in [2.24, 2.45) is 0 Å². The molecule has 2 heterocycles. The molecule has 2 aromatic heterocycles. The zero-order chi connectivity index (χ0) is 24.0. The van der Waals surface area contributed by atoms with Crippen molar-refractivity contribution in [3.8, 4) is 0 Å². The van der Waals surface area contributed by atoms with Gasteiger partial charge < -0.3 is 26.4 Å². The predicted molar refractivity (Wildman–Crippen MR) is 96.8 cm³/mol. The summed E-state index contributed by atoms with van der Waals surface area (Å²) in [6.45, 7) is 0.498. The number of aryl methyl sites for hydroxylation is 2. The van der Waals surface area contributed by atoms with E-state index in [0.29, 0.717) is 18.3 Å². The highest BCUT2D eigenvalue weighted by Crippen LogP contribution is 2.38. The molecule has 6 N–H and O–H groups in total. The Labute approximate surface area is 173 Å². The highest BCUT2D eigenvalue weighted by atomic mass is 32.1. The number of aromatic nitrogens is 2. The summed E-state index contributed by atoms with van der Waals surface area (Å²) in [5.41, 5.74) is 7.34. The molecule has 174 valence electrons. The van der Waals surface area contributed by atoms with E-state index in [1.165, 1.54) is 16.9 Å². The molecule has 0 saturated heterocycles. The zero-order valence-corrected chi connectivity index (χ0v) is 16.2. The Morgan fingerprint density at radius 3 is 2.00 bits per heavy atom. The van der Waals surface area contributed by atoms with Gasteiger partial charge in [0.05, 0.1) is 12.0 Å². The molecule has 0 aliphatic heterocycles. The maximum absolute atomic E-state index is 10.6. The molecule has 0 radical (unpaired) electrons. The number of nitrogens with zero attached hydrogens (tertiary/aromatic N) is 2. The molecule has 0 saturated carbocycles. The third kappa shape index (κ3) is 7.71. The molecule has 0 bridgehead atoms. The van der Waals surface area contributed by atoms with Crippen LogP contribution in [0.2, 0.25) is 0 Å². The minimum atomic E-state index is -5.08. The SMILES string of the molecule is Nc1nc(NCCO)nc2sc3c(c12)CCC3.O=C(O)C(F)(F)F.O=C(O)C(F)(F)F. The van der Waals surface area contributed by atoms with E-state index in [1.807, 2.05) is 0 Å². The van der Waals surface area contributed by atoms with E-state index >= 15 is 0 Å². The number of halogens is 6. The zero-order valence-electron chi connectivity index (χ0n) is 15.3. The molecular weight excluding hydrogens is 462 g/mol. The molecule has 1 aliphatic rings. The van der Waals surface area contributed by atoms with Gasteiger partial charge in [0.15, 0.2) is 0 Å². The molecule has 0 aromatic carbocycles. The molecule has 1 aliphatic carbocycles. The van der Waals surface area contributed by atoms with Gasteiger partial charge in [-0.25, -0.2) is 14.6 Å². The number of carbonyl (C=O) groups is 2. The monoisotopic (exact) mass is 478 g/mol. The Hall–Kier alpha value is -2.88. The number of nitrogens with two attached hydrogens (primary N) is 1. The van der Waals surface area contributed by atoms with E-state index in [2.05, 4.69) is 15.3 Å². The number of thiophene rings is 1. The standard InChI is InChI=1S/C11H14N4OS.2C2HF3O2/c12-9-8-6-2-1-3-7(6)17-10(8)15-11(14-9)13-4-5-16;2*3-2(4,5)1(6)7/h16H,1-5H2,(H3,12,13,14,15);2*(H,6,7). The van der Waals surface area contributed by atoms with Crippen LogP contribution in [-0.2, 0) is 22.4 Å². The highest BCUT2D eigenvalue weighted by molar-refractivity contribution is 7.19. The van der Waals surface area contributed by atoms with Crippen LogP contribution < -0.4 is 11.1 Å². The first-order valence-electron chi connectivity index (χ1n) is 8.21. The first kappa shape index (κ1) is 26.2. The number of carboxylic acids is 2. The minimum absolute atomic E-state index is 0.0578. The molecule has 0 spiro atoms. The van der Waals surface area contributed by atoms with Gasteiger partial charge in [-0.05, 0) is 24.8 Å². The normalized spacial score (nSPS) is 12.9. The summed E-state index contributed by atoms with van der Waals surface area (Å²) < 4.78 is 63.5. The quantitative estimate of drug-likeness (QED) is 0.418. The molecule has 31 heavy (non-hydrogen) atoms. The maximum Gasteiger partial charge on any atom is 0.490 e. The van der Waals surface area contributed by atoms with Gasteiger partial charge in [0.1, 0.15) is 10.6 Å². The van der Waals surface area contributed by atoms with Gasteiger partial charge in [-0.2, -0.15) is 31.3 Å². The lowest BCUT2D eigenvalue weighted by Crippen LogP contribution is -2.21. The Morgan fingerprint density at radius 1 is 1.03 bits per heavy atom. The van der Waals surface area contributed by atoms with E-state index < -0.39 is 24.3 Å². The van der Waals surface area contributed by atoms with Crippen LogP contribution in [0.5, 0.6) is 0 Å². The number of aliphatic hydroxyl groups is 1. The lowest BCUT2D eigenvalue weighted by Gasteiger charge is -2.04. The fraction of sp³-hybridized carbons (Fsp3) is 0.467. The number of aliphatic carboxylic acids is 2. The minimum Gasteiger partial charge on any atom is -0.475 e. The molecule has 16 heteroatoms. The fourth-order valence-corrected chi connectivity index (χ4v) is 3.54. The third-order valence-corrected chi connectivity index (χ3v) is 4.66. The predicted octanol–water partition coefficient (Wildman–Crippen LogP) is 2.43. The molecule has 0 amide bonds. The second-order valence-corrected chi connectivity index (χ2v) is 6.81. The van der Waals surface area contributed by atoms with E-state index in [1.54, 1.807) is 11.3 Å². The van der Waals surface area contributed by atoms with Crippen LogP contribution >= 0.6 is 11.3 Å². The number of fused-ring (bicyclic) bond motifs is 3. The molecule has 0 unspecified atom stereocenters. The van der Waals surface area contributed by atoms with E-state index in [4.69, 9.17) is 30.6 Å². The summed E-state index contributed by atoms with van der Waals surface area (Å²) in [6.07, 6.45) is -6.73. The van der Waals surface area contributed by atoms with Crippen molar-refractivity contribution in [2.75, 3.05) is 24.2 Å². The van der Waals surface area contributed by atoms with Gasteiger partial charge in [-0.3, -0.25) is 0 Å². The van der Waals surface area contributed by atoms with Gasteiger partial charge in [-0.1, -0.05) is 0 Å². The Kier molecular flexibility index (Phi) is 8.80. The number of nitrogen functional groups attached to an aromatic ring is 1. The average Bonchev–Trinajstić information content (AvgIpc) is 3.19. The van der Waals surface area contributed by atoms with Crippen LogP contribution in [0.15, 0.2) is 0 Å². The number of alkyl halides is 6. The number of anilines is 2. The Balaban J connectivity index is 0.000000288. The van der Waals surface area contributed by atoms with Crippen molar-refractivity contribution in [1.29, 1.82) is 0 Å². The molecule has 0 atom stereocenters. The maximum atomic E-state index is 10.6. The number of aliphatic hydroxyl groups excluding tert-OH is 1. The highest BCUT2D eigenvalue weighted by Gasteiger charge is 2.38. The van der Waals surface area contributed by atoms with Crippen molar-refractivity contribution < 1.29 is 51.3 Å². The molecule has 2 aromatic rings. The Morgan fingerprint density at radius 2 is 1.55 bits per heavy atom. The van der Waals surface area contributed by atoms with Gasteiger partial charge in [-0.15, -0.1) is 11.3 Å². The van der Waals surface area contributed by atoms with Gasteiger partial charge in [0.25, 0.3) is 0 Å². The second-order valence-electron chi connectivity index (χ2n) is 5.73. The fourth-order valence-electron chi connectivity index (χ4n) is 2.27. The van der Waals surface area contributed by atoms with Crippen molar-refractivity contribution in [2.45, 2.75) is 31.6 Å². The Bertz CT molecular complexity index is 907. The van der Waals surface area contributed by atoms with Crippen LogP contribution in [0.3, 0.4) is 0 Å². The largest absolute Gasteiger partial charge is 0.490 e. The van der Waals surface area contributed by atoms with E-state index in [9.17, 15) is 26.3 Å². The molecule has 3 rings (SSSR count). The number of rotatable bonds is 3. The van der Waals surface area contributed by atoms with Gasteiger partial charge >= 0.3 is 24.3 Å². The van der Waals surface area contributed by atoms with Crippen molar-refractivity contribution in [3.63, 3.8) is 0 Å². The molecule has 0 fully saturated rings. The molecular formula is C15H16F6N4O5S. The smallest absolute Gasteiger partial charge is 0.475 e. The lowest BCUT2D eigenvalue weighted by molar-refractivity contribution is -0.193. The molecule has 9 nitrogen and oxygen atoms in total. The number of hydrogen-bond acceptors (Lipinski definition) is 8. The number of nitrogens with one attached hydrogen (secondary N) is 1. The summed E-state index contributed by atoms with van der Waals surface area (Å²) in [5, 5.41) is 27.0. The summed E-state index contributed by atoms with van der Waals surface area (Å²) in [6, 6.07) is 0. The first-order chi connectivity index (χ1) is 14.2.